The van der Waals surface area contributed by atoms with Crippen molar-refractivity contribution in [2.75, 3.05) is 27.4 Å². The molecule has 2 aromatic carbocycles. The summed E-state index contributed by atoms with van der Waals surface area (Å²) < 4.78 is 28.4. The first-order chi connectivity index (χ1) is 13.9. The van der Waals surface area contributed by atoms with Crippen LogP contribution in [0.4, 0.5) is 10.1 Å². The summed E-state index contributed by atoms with van der Waals surface area (Å²) in [5, 5.41) is 13.7. The van der Waals surface area contributed by atoms with Crippen LogP contribution in [0, 0.1) is 15.9 Å². The summed E-state index contributed by atoms with van der Waals surface area (Å²) in [5.74, 6) is -1.91. The molecule has 0 aliphatic heterocycles. The molecule has 0 aromatic heterocycles. The van der Waals surface area contributed by atoms with Gasteiger partial charge in [0.15, 0.2) is 18.1 Å². The van der Waals surface area contributed by atoms with Gasteiger partial charge in [-0.2, -0.15) is 0 Å². The maximum Gasteiger partial charge on any atom is 0.345 e. The van der Waals surface area contributed by atoms with E-state index in [1.165, 1.54) is 20.3 Å². The molecule has 0 bridgehead atoms. The van der Waals surface area contributed by atoms with Crippen LogP contribution in [0.3, 0.4) is 0 Å². The van der Waals surface area contributed by atoms with Gasteiger partial charge in [-0.15, -0.1) is 0 Å². The topological polar surface area (TPSA) is 117 Å². The first-order valence-corrected chi connectivity index (χ1v) is 8.45. The lowest BCUT2D eigenvalue weighted by atomic mass is 10.1. The van der Waals surface area contributed by atoms with Gasteiger partial charge >= 0.3 is 5.97 Å². The number of hydrogen-bond acceptors (Lipinski definition) is 7. The fourth-order valence-electron chi connectivity index (χ4n) is 2.48. The lowest BCUT2D eigenvalue weighted by molar-refractivity contribution is -0.385. The normalized spacial score (nSPS) is 10.2. The monoisotopic (exact) mass is 406 g/mol. The Hall–Kier alpha value is -3.69. The number of carbonyl (C=O) groups excluding carboxylic acids is 2. The zero-order chi connectivity index (χ0) is 21.4. The molecule has 9 nitrogen and oxygen atoms in total. The summed E-state index contributed by atoms with van der Waals surface area (Å²) in [6.45, 7) is -0.518. The Morgan fingerprint density at radius 3 is 2.41 bits per heavy atom. The fourth-order valence-corrected chi connectivity index (χ4v) is 2.48. The minimum Gasteiger partial charge on any atom is -0.493 e. The number of nitro groups is 1. The van der Waals surface area contributed by atoms with Crippen LogP contribution in [-0.4, -0.2) is 44.2 Å². The van der Waals surface area contributed by atoms with E-state index in [2.05, 4.69) is 5.32 Å². The van der Waals surface area contributed by atoms with Crippen molar-refractivity contribution in [1.82, 2.24) is 5.32 Å². The molecule has 0 saturated heterocycles. The van der Waals surface area contributed by atoms with Gasteiger partial charge in [0.1, 0.15) is 11.4 Å². The smallest absolute Gasteiger partial charge is 0.345 e. The van der Waals surface area contributed by atoms with Crippen molar-refractivity contribution in [3.8, 4) is 11.5 Å². The van der Waals surface area contributed by atoms with Gasteiger partial charge < -0.3 is 19.5 Å². The highest BCUT2D eigenvalue weighted by Gasteiger charge is 2.26. The molecule has 0 unspecified atom stereocenters. The Bertz CT molecular complexity index is 917. The number of nitro benzene ring substituents is 1. The lowest BCUT2D eigenvalue weighted by Gasteiger charge is -2.11. The van der Waals surface area contributed by atoms with Crippen LogP contribution < -0.4 is 14.8 Å². The molecule has 0 saturated carbocycles. The van der Waals surface area contributed by atoms with Gasteiger partial charge in [0.05, 0.1) is 25.2 Å². The molecule has 10 heteroatoms. The van der Waals surface area contributed by atoms with Gasteiger partial charge in [0.2, 0.25) is 0 Å². The van der Waals surface area contributed by atoms with Gasteiger partial charge in [-0.25, -0.2) is 9.18 Å². The number of carbonyl (C=O) groups is 2. The molecule has 0 heterocycles. The fraction of sp³-hybridized carbons (Fsp3) is 0.263. The van der Waals surface area contributed by atoms with Crippen LogP contribution in [0.1, 0.15) is 15.9 Å². The molecule has 1 N–H and O–H groups in total. The van der Waals surface area contributed by atoms with E-state index >= 15 is 0 Å². The highest BCUT2D eigenvalue weighted by molar-refractivity contribution is 5.96. The first-order valence-electron chi connectivity index (χ1n) is 8.45. The standard InChI is InChI=1S/C19H19FN2O7/c1-27-16-9-13(15(22(25)26)10-17(16)28-2)19(24)29-11-18(23)21-8-7-12-5-3-4-6-14(12)20/h3-6,9-10H,7-8,11H2,1-2H3,(H,21,23). The second-order valence-electron chi connectivity index (χ2n) is 5.75. The Morgan fingerprint density at radius 2 is 1.79 bits per heavy atom. The number of halogens is 1. The van der Waals surface area contributed by atoms with E-state index < -0.39 is 29.1 Å². The summed E-state index contributed by atoms with van der Waals surface area (Å²) in [5.41, 5.74) is -0.495. The third kappa shape index (κ3) is 5.64. The number of methoxy groups -OCH3 is 2. The van der Waals surface area contributed by atoms with E-state index in [4.69, 9.17) is 14.2 Å². The van der Waals surface area contributed by atoms with Crippen LogP contribution in [0.5, 0.6) is 11.5 Å². The second-order valence-corrected chi connectivity index (χ2v) is 5.75. The summed E-state index contributed by atoms with van der Waals surface area (Å²) in [6, 6.07) is 8.29. The number of ether oxygens (including phenoxy) is 3. The molecule has 0 aliphatic carbocycles. The van der Waals surface area contributed by atoms with Crippen molar-refractivity contribution in [2.24, 2.45) is 0 Å². The quantitative estimate of drug-likeness (QED) is 0.386. The van der Waals surface area contributed by atoms with Gasteiger partial charge in [-0.1, -0.05) is 18.2 Å². The van der Waals surface area contributed by atoms with Crippen molar-refractivity contribution < 1.29 is 33.1 Å². The third-order valence-electron chi connectivity index (χ3n) is 3.93. The first kappa shape index (κ1) is 21.6. The van der Waals surface area contributed by atoms with E-state index in [-0.39, 0.29) is 35.8 Å². The van der Waals surface area contributed by atoms with Crippen molar-refractivity contribution >= 4 is 17.6 Å². The van der Waals surface area contributed by atoms with Crippen LogP contribution >= 0.6 is 0 Å². The minimum absolute atomic E-state index is 0.0710. The highest BCUT2D eigenvalue weighted by atomic mass is 19.1. The van der Waals surface area contributed by atoms with Crippen LogP contribution in [0.2, 0.25) is 0 Å². The summed E-state index contributed by atoms with van der Waals surface area (Å²) in [4.78, 5) is 34.5. The number of rotatable bonds is 9. The Morgan fingerprint density at radius 1 is 1.14 bits per heavy atom. The zero-order valence-electron chi connectivity index (χ0n) is 15.8. The Labute approximate surface area is 165 Å². The van der Waals surface area contributed by atoms with Crippen molar-refractivity contribution in [1.29, 1.82) is 0 Å². The summed E-state index contributed by atoms with van der Waals surface area (Å²) in [7, 11) is 2.60. The van der Waals surface area contributed by atoms with Gasteiger partial charge in [0, 0.05) is 12.6 Å². The van der Waals surface area contributed by atoms with Crippen molar-refractivity contribution in [3.05, 3.63) is 63.5 Å². The van der Waals surface area contributed by atoms with E-state index in [9.17, 15) is 24.1 Å². The van der Waals surface area contributed by atoms with Gasteiger partial charge in [-0.05, 0) is 18.1 Å². The third-order valence-corrected chi connectivity index (χ3v) is 3.93. The van der Waals surface area contributed by atoms with E-state index in [1.807, 2.05) is 0 Å². The maximum absolute atomic E-state index is 13.5. The molecule has 0 atom stereocenters. The number of esters is 1. The van der Waals surface area contributed by atoms with E-state index in [1.54, 1.807) is 18.2 Å². The zero-order valence-corrected chi connectivity index (χ0v) is 15.8. The molecule has 0 aliphatic rings. The maximum atomic E-state index is 13.5. The molecule has 1 amide bonds. The van der Waals surface area contributed by atoms with Gasteiger partial charge in [0.25, 0.3) is 11.6 Å². The predicted octanol–water partition coefficient (Wildman–Crippen LogP) is 2.27. The average molecular weight is 406 g/mol. The van der Waals surface area contributed by atoms with Crippen LogP contribution in [0.25, 0.3) is 0 Å². The van der Waals surface area contributed by atoms with Crippen molar-refractivity contribution in [3.63, 3.8) is 0 Å². The van der Waals surface area contributed by atoms with Gasteiger partial charge in [-0.3, -0.25) is 14.9 Å². The highest BCUT2D eigenvalue weighted by Crippen LogP contribution is 2.34. The van der Waals surface area contributed by atoms with Crippen molar-refractivity contribution in [2.45, 2.75) is 6.42 Å². The number of hydrogen-bond donors (Lipinski definition) is 1. The van der Waals surface area contributed by atoms with Crippen LogP contribution in [-0.2, 0) is 16.0 Å². The molecule has 0 spiro atoms. The van der Waals surface area contributed by atoms with Crippen LogP contribution in [0.15, 0.2) is 36.4 Å². The second kappa shape index (κ2) is 10.0. The average Bonchev–Trinajstić information content (AvgIpc) is 2.72. The molecule has 2 aromatic rings. The Balaban J connectivity index is 1.96. The summed E-state index contributed by atoms with van der Waals surface area (Å²) >= 11 is 0. The number of benzene rings is 2. The Kier molecular flexibility index (Phi) is 7.47. The predicted molar refractivity (Wildman–Crippen MR) is 99.6 cm³/mol. The molecule has 2 rings (SSSR count). The number of nitrogens with one attached hydrogen (secondary N) is 1. The van der Waals surface area contributed by atoms with E-state index in [0.29, 0.717) is 5.56 Å². The minimum atomic E-state index is -1.07. The molecular weight excluding hydrogens is 387 g/mol. The molecular formula is C19H19FN2O7. The lowest BCUT2D eigenvalue weighted by Crippen LogP contribution is -2.30. The SMILES string of the molecule is COc1cc(C(=O)OCC(=O)NCCc2ccccc2F)c([N+](=O)[O-])cc1OC. The summed E-state index contributed by atoms with van der Waals surface area (Å²) in [6.07, 6.45) is 0.257. The molecule has 0 fully saturated rings. The number of nitrogens with zero attached hydrogens (tertiary/aromatic N) is 1. The molecule has 154 valence electrons. The molecule has 0 radical (unpaired) electrons. The van der Waals surface area contributed by atoms with E-state index in [0.717, 1.165) is 12.1 Å². The molecule has 29 heavy (non-hydrogen) atoms. The largest absolute Gasteiger partial charge is 0.493 e. The number of amides is 1.